The first-order valence-corrected chi connectivity index (χ1v) is 11.3. The minimum atomic E-state index is -3.58. The van der Waals surface area contributed by atoms with Gasteiger partial charge in [-0.25, -0.2) is 8.42 Å². The van der Waals surface area contributed by atoms with Crippen molar-refractivity contribution in [2.45, 2.75) is 6.92 Å². The third-order valence-electron chi connectivity index (χ3n) is 4.89. The number of halogens is 1. The SMILES string of the molecule is Cc1ccccc1N(CC(=O)N1CCN(c2ccccc2Cl)CC1)S(C)(=O)=O. The Kier molecular flexibility index (Phi) is 6.15. The van der Waals surface area contributed by atoms with Gasteiger partial charge in [-0.3, -0.25) is 9.10 Å². The van der Waals surface area contributed by atoms with Crippen molar-refractivity contribution < 1.29 is 13.2 Å². The first kappa shape index (κ1) is 20.5. The zero-order valence-corrected chi connectivity index (χ0v) is 17.6. The van der Waals surface area contributed by atoms with Crippen LogP contribution in [-0.2, 0) is 14.8 Å². The monoisotopic (exact) mass is 421 g/mol. The molecule has 0 N–H and O–H groups in total. The van der Waals surface area contributed by atoms with E-state index in [2.05, 4.69) is 4.90 Å². The Morgan fingerprint density at radius 2 is 1.64 bits per heavy atom. The Morgan fingerprint density at radius 1 is 1.04 bits per heavy atom. The largest absolute Gasteiger partial charge is 0.367 e. The molecule has 3 rings (SSSR count). The maximum Gasteiger partial charge on any atom is 0.243 e. The normalized spacial score (nSPS) is 14.8. The highest BCUT2D eigenvalue weighted by Crippen LogP contribution is 2.26. The molecule has 1 aliphatic rings. The number of sulfonamides is 1. The maximum atomic E-state index is 12.8. The van der Waals surface area contributed by atoms with Crippen LogP contribution in [0.4, 0.5) is 11.4 Å². The summed E-state index contributed by atoms with van der Waals surface area (Å²) in [6.45, 7) is 3.98. The first-order valence-electron chi connectivity index (χ1n) is 9.08. The summed E-state index contributed by atoms with van der Waals surface area (Å²) >= 11 is 6.26. The number of hydrogen-bond acceptors (Lipinski definition) is 4. The van der Waals surface area contributed by atoms with Gasteiger partial charge in [0.05, 0.1) is 22.7 Å². The zero-order valence-electron chi connectivity index (χ0n) is 16.0. The molecule has 1 saturated heterocycles. The van der Waals surface area contributed by atoms with E-state index in [1.54, 1.807) is 17.0 Å². The van der Waals surface area contributed by atoms with Crippen LogP contribution in [-0.4, -0.2) is 58.2 Å². The fraction of sp³-hybridized carbons (Fsp3) is 0.350. The smallest absolute Gasteiger partial charge is 0.243 e. The number of hydrogen-bond donors (Lipinski definition) is 0. The van der Waals surface area contributed by atoms with E-state index < -0.39 is 10.0 Å². The van der Waals surface area contributed by atoms with Gasteiger partial charge in [0.2, 0.25) is 15.9 Å². The molecule has 1 heterocycles. The molecule has 0 aliphatic carbocycles. The summed E-state index contributed by atoms with van der Waals surface area (Å²) in [5, 5.41) is 0.685. The molecular weight excluding hydrogens is 398 g/mol. The van der Waals surface area contributed by atoms with E-state index in [-0.39, 0.29) is 12.5 Å². The Bertz CT molecular complexity index is 957. The van der Waals surface area contributed by atoms with Crippen LogP contribution in [0.5, 0.6) is 0 Å². The second-order valence-corrected chi connectivity index (χ2v) is 9.19. The second kappa shape index (κ2) is 8.41. The van der Waals surface area contributed by atoms with Crippen molar-refractivity contribution in [3.63, 3.8) is 0 Å². The Balaban J connectivity index is 1.69. The summed E-state index contributed by atoms with van der Waals surface area (Å²) in [5.74, 6) is -0.201. The predicted octanol–water partition coefficient (Wildman–Crippen LogP) is 2.76. The van der Waals surface area contributed by atoms with E-state index >= 15 is 0 Å². The van der Waals surface area contributed by atoms with E-state index in [0.29, 0.717) is 36.9 Å². The van der Waals surface area contributed by atoms with Crippen molar-refractivity contribution in [3.05, 3.63) is 59.1 Å². The van der Waals surface area contributed by atoms with Crippen LogP contribution in [0.1, 0.15) is 5.56 Å². The summed E-state index contributed by atoms with van der Waals surface area (Å²) in [7, 11) is -3.58. The van der Waals surface area contributed by atoms with Gasteiger partial charge < -0.3 is 9.80 Å². The summed E-state index contributed by atoms with van der Waals surface area (Å²) in [5.41, 5.74) is 2.30. The average molecular weight is 422 g/mol. The van der Waals surface area contributed by atoms with Crippen molar-refractivity contribution in [2.24, 2.45) is 0 Å². The molecule has 0 atom stereocenters. The van der Waals surface area contributed by atoms with Crippen LogP contribution in [0.15, 0.2) is 48.5 Å². The number of aryl methyl sites for hydroxylation is 1. The lowest BCUT2D eigenvalue weighted by Crippen LogP contribution is -2.52. The molecule has 0 radical (unpaired) electrons. The van der Waals surface area contributed by atoms with Crippen molar-refractivity contribution in [2.75, 3.05) is 48.2 Å². The van der Waals surface area contributed by atoms with Gasteiger partial charge in [-0.1, -0.05) is 41.9 Å². The lowest BCUT2D eigenvalue weighted by molar-refractivity contribution is -0.129. The number of carbonyl (C=O) groups is 1. The molecule has 6 nitrogen and oxygen atoms in total. The van der Waals surface area contributed by atoms with Crippen molar-refractivity contribution >= 4 is 38.9 Å². The highest BCUT2D eigenvalue weighted by Gasteiger charge is 2.27. The number of rotatable bonds is 5. The molecule has 1 amide bonds. The number of piperazine rings is 1. The first-order chi connectivity index (χ1) is 13.3. The van der Waals surface area contributed by atoms with Gasteiger partial charge in [0.1, 0.15) is 6.54 Å². The van der Waals surface area contributed by atoms with E-state index in [9.17, 15) is 13.2 Å². The topological polar surface area (TPSA) is 60.9 Å². The number of nitrogens with zero attached hydrogens (tertiary/aromatic N) is 3. The van der Waals surface area contributed by atoms with E-state index in [1.807, 2.05) is 43.3 Å². The minimum absolute atomic E-state index is 0.199. The van der Waals surface area contributed by atoms with Crippen LogP contribution in [0.3, 0.4) is 0 Å². The quantitative estimate of drug-likeness (QED) is 0.744. The van der Waals surface area contributed by atoms with Crippen molar-refractivity contribution in [3.8, 4) is 0 Å². The second-order valence-electron chi connectivity index (χ2n) is 6.88. The summed E-state index contributed by atoms with van der Waals surface area (Å²) in [4.78, 5) is 16.7. The number of anilines is 2. The summed E-state index contributed by atoms with van der Waals surface area (Å²) in [6, 6.07) is 14.8. The summed E-state index contributed by atoms with van der Waals surface area (Å²) in [6.07, 6.45) is 1.13. The number of para-hydroxylation sites is 2. The molecule has 1 fully saturated rings. The molecule has 8 heteroatoms. The van der Waals surface area contributed by atoms with Crippen LogP contribution >= 0.6 is 11.6 Å². The third-order valence-corrected chi connectivity index (χ3v) is 6.33. The lowest BCUT2D eigenvalue weighted by Gasteiger charge is -2.37. The number of carbonyl (C=O) groups excluding carboxylic acids is 1. The van der Waals surface area contributed by atoms with E-state index in [1.165, 1.54) is 4.31 Å². The van der Waals surface area contributed by atoms with Gasteiger partial charge in [0, 0.05) is 26.2 Å². The Labute approximate surface area is 171 Å². The molecule has 0 bridgehead atoms. The van der Waals surface area contributed by atoms with Crippen LogP contribution < -0.4 is 9.21 Å². The Morgan fingerprint density at radius 3 is 2.25 bits per heavy atom. The van der Waals surface area contributed by atoms with Crippen LogP contribution in [0.25, 0.3) is 0 Å². The number of amides is 1. The molecule has 150 valence electrons. The van der Waals surface area contributed by atoms with Gasteiger partial charge >= 0.3 is 0 Å². The average Bonchev–Trinajstić information content (AvgIpc) is 2.66. The Hall–Kier alpha value is -2.25. The summed E-state index contributed by atoms with van der Waals surface area (Å²) < 4.78 is 25.8. The standard InChI is InChI=1S/C20H24ClN3O3S/c1-16-7-3-5-9-18(16)24(28(2,26)27)15-20(25)23-13-11-22(12-14-23)19-10-6-4-8-17(19)21/h3-10H,11-15H2,1-2H3. The molecular formula is C20H24ClN3O3S. The fourth-order valence-electron chi connectivity index (χ4n) is 3.35. The molecule has 0 unspecified atom stereocenters. The minimum Gasteiger partial charge on any atom is -0.367 e. The van der Waals surface area contributed by atoms with Gasteiger partial charge in [0.15, 0.2) is 0 Å². The molecule has 2 aromatic rings. The third kappa shape index (κ3) is 4.59. The predicted molar refractivity (Wildman–Crippen MR) is 114 cm³/mol. The molecule has 2 aromatic carbocycles. The highest BCUT2D eigenvalue weighted by molar-refractivity contribution is 7.92. The van der Waals surface area contributed by atoms with Crippen molar-refractivity contribution in [1.82, 2.24) is 4.90 Å². The van der Waals surface area contributed by atoms with Gasteiger partial charge in [-0.2, -0.15) is 0 Å². The van der Waals surface area contributed by atoms with E-state index in [4.69, 9.17) is 11.6 Å². The van der Waals surface area contributed by atoms with Gasteiger partial charge in [-0.15, -0.1) is 0 Å². The van der Waals surface area contributed by atoms with Crippen molar-refractivity contribution in [1.29, 1.82) is 0 Å². The lowest BCUT2D eigenvalue weighted by atomic mass is 10.2. The molecule has 1 aliphatic heterocycles. The molecule has 0 spiro atoms. The van der Waals surface area contributed by atoms with E-state index in [0.717, 1.165) is 17.5 Å². The molecule has 0 saturated carbocycles. The number of benzene rings is 2. The van der Waals surface area contributed by atoms with Gasteiger partial charge in [0.25, 0.3) is 0 Å². The fourth-order valence-corrected chi connectivity index (χ4v) is 4.51. The zero-order chi connectivity index (χ0) is 20.3. The maximum absolute atomic E-state index is 12.8. The molecule has 0 aromatic heterocycles. The van der Waals surface area contributed by atoms with Crippen LogP contribution in [0.2, 0.25) is 5.02 Å². The van der Waals surface area contributed by atoms with Crippen LogP contribution in [0, 0.1) is 6.92 Å². The van der Waals surface area contributed by atoms with Gasteiger partial charge in [-0.05, 0) is 30.7 Å². The molecule has 28 heavy (non-hydrogen) atoms. The highest BCUT2D eigenvalue weighted by atomic mass is 35.5.